The van der Waals surface area contributed by atoms with Crippen LogP contribution in [0, 0.1) is 17.3 Å². The minimum atomic E-state index is -0.0610. The minimum Gasteiger partial charge on any atom is -0.0965 e. The van der Waals surface area contributed by atoms with E-state index in [4.69, 9.17) is 0 Å². The fraction of sp³-hybridized carbons (Fsp3) is 0.467. The maximum absolute atomic E-state index is 3.37. The number of hydrogen-bond donors (Lipinski definition) is 0. The molecule has 0 unspecified atom stereocenters. The summed E-state index contributed by atoms with van der Waals surface area (Å²) in [6.07, 6.45) is 0. The normalized spacial score (nSPS) is 11.8. The van der Waals surface area contributed by atoms with Crippen LogP contribution in [0.25, 0.3) is 0 Å². The lowest BCUT2D eigenvalue weighted by Gasteiger charge is -2.19. The van der Waals surface area contributed by atoms with Crippen LogP contribution in [0.2, 0.25) is 0 Å². The van der Waals surface area contributed by atoms with Crippen molar-refractivity contribution in [3.63, 3.8) is 0 Å². The van der Waals surface area contributed by atoms with Crippen molar-refractivity contribution >= 4 is 0 Å². The van der Waals surface area contributed by atoms with E-state index in [-0.39, 0.29) is 10.8 Å². The second-order valence-electron chi connectivity index (χ2n) is 5.49. The van der Waals surface area contributed by atoms with Crippen molar-refractivity contribution in [2.24, 2.45) is 5.41 Å². The second kappa shape index (κ2) is 4.11. The van der Waals surface area contributed by atoms with E-state index >= 15 is 0 Å². The summed E-state index contributed by atoms with van der Waals surface area (Å²) in [6, 6.07) is 10.4. The molecule has 0 spiro atoms. The summed E-state index contributed by atoms with van der Waals surface area (Å²) in [7, 11) is 0. The van der Waals surface area contributed by atoms with Gasteiger partial charge in [0.1, 0.15) is 0 Å². The molecule has 0 aromatic heterocycles. The Labute approximate surface area is 93.7 Å². The molecule has 15 heavy (non-hydrogen) atoms. The van der Waals surface area contributed by atoms with Gasteiger partial charge in [-0.3, -0.25) is 0 Å². The highest BCUT2D eigenvalue weighted by Crippen LogP contribution is 2.22. The largest absolute Gasteiger partial charge is 0.0965 e. The average molecular weight is 200 g/mol. The van der Waals surface area contributed by atoms with Crippen LogP contribution in [-0.4, -0.2) is 0 Å². The Hall–Kier alpha value is -1.22. The summed E-state index contributed by atoms with van der Waals surface area (Å²) in [5, 5.41) is 0. The first-order valence-electron chi connectivity index (χ1n) is 5.41. The first kappa shape index (κ1) is 11.9. The van der Waals surface area contributed by atoms with Gasteiger partial charge in [-0.25, -0.2) is 0 Å². The van der Waals surface area contributed by atoms with E-state index in [1.807, 2.05) is 6.07 Å². The molecule has 0 fully saturated rings. The highest BCUT2D eigenvalue weighted by molar-refractivity contribution is 5.33. The Morgan fingerprint density at radius 2 is 1.33 bits per heavy atom. The van der Waals surface area contributed by atoms with Gasteiger partial charge < -0.3 is 0 Å². The molecule has 0 aliphatic carbocycles. The van der Waals surface area contributed by atoms with Gasteiger partial charge >= 0.3 is 0 Å². The zero-order valence-electron chi connectivity index (χ0n) is 10.4. The molecule has 0 amide bonds. The van der Waals surface area contributed by atoms with Gasteiger partial charge in [0.15, 0.2) is 0 Å². The Bertz CT molecular complexity index is 366. The summed E-state index contributed by atoms with van der Waals surface area (Å²) in [4.78, 5) is 0. The van der Waals surface area contributed by atoms with Gasteiger partial charge in [0, 0.05) is 5.41 Å². The van der Waals surface area contributed by atoms with Crippen molar-refractivity contribution in [3.05, 3.63) is 35.9 Å². The number of hydrogen-bond acceptors (Lipinski definition) is 0. The highest BCUT2D eigenvalue weighted by atomic mass is 14.2. The fourth-order valence-electron chi connectivity index (χ4n) is 1.27. The molecular weight excluding hydrogens is 180 g/mol. The third-order valence-corrected chi connectivity index (χ3v) is 2.25. The monoisotopic (exact) mass is 200 g/mol. The highest BCUT2D eigenvalue weighted by Gasteiger charge is 2.17. The molecule has 1 aromatic rings. The zero-order valence-corrected chi connectivity index (χ0v) is 10.4. The lowest BCUT2D eigenvalue weighted by molar-refractivity contribution is 0.565. The second-order valence-corrected chi connectivity index (χ2v) is 5.49. The van der Waals surface area contributed by atoms with Crippen molar-refractivity contribution in [2.45, 2.75) is 40.0 Å². The molecule has 0 N–H and O–H groups in total. The predicted octanol–water partition coefficient (Wildman–Crippen LogP) is 4.01. The molecular formula is C15H20. The molecule has 1 aromatic carbocycles. The van der Waals surface area contributed by atoms with Gasteiger partial charge in [0.25, 0.3) is 0 Å². The van der Waals surface area contributed by atoms with Crippen molar-refractivity contribution in [1.82, 2.24) is 0 Å². The quantitative estimate of drug-likeness (QED) is 0.601. The molecule has 0 saturated heterocycles. The summed E-state index contributed by atoms with van der Waals surface area (Å²) < 4.78 is 0. The molecule has 0 atom stereocenters. The molecule has 0 aliphatic heterocycles. The third kappa shape index (κ3) is 3.80. The molecule has 0 radical (unpaired) electrons. The van der Waals surface area contributed by atoms with E-state index in [0.29, 0.717) is 0 Å². The molecule has 80 valence electrons. The van der Waals surface area contributed by atoms with Crippen LogP contribution in [0.15, 0.2) is 30.3 Å². The molecule has 0 nitrogen and oxygen atoms in total. The van der Waals surface area contributed by atoms with E-state index in [0.717, 1.165) is 0 Å². The maximum atomic E-state index is 3.37. The van der Waals surface area contributed by atoms with Crippen LogP contribution < -0.4 is 0 Å². The van der Waals surface area contributed by atoms with Crippen molar-refractivity contribution in [1.29, 1.82) is 0 Å². The average Bonchev–Trinajstić information content (AvgIpc) is 2.16. The van der Waals surface area contributed by atoms with Crippen LogP contribution in [0.4, 0.5) is 0 Å². The molecule has 0 heterocycles. The Morgan fingerprint density at radius 1 is 0.800 bits per heavy atom. The standard InChI is InChI=1S/C15H20/c1-14(2,3)11-12-15(4,5)13-9-7-6-8-10-13/h6-10H,1-5H3. The van der Waals surface area contributed by atoms with Crippen molar-refractivity contribution in [3.8, 4) is 11.8 Å². The smallest absolute Gasteiger partial charge is 0.0506 e. The van der Waals surface area contributed by atoms with Crippen LogP contribution in [0.5, 0.6) is 0 Å². The fourth-order valence-corrected chi connectivity index (χ4v) is 1.27. The zero-order chi connectivity index (χ0) is 11.5. The lowest BCUT2D eigenvalue weighted by Crippen LogP contribution is -2.15. The first-order chi connectivity index (χ1) is 6.81. The Balaban J connectivity index is 2.98. The van der Waals surface area contributed by atoms with E-state index in [1.165, 1.54) is 5.56 Å². The Kier molecular flexibility index (Phi) is 3.25. The molecule has 1 rings (SSSR count). The minimum absolute atomic E-state index is 0.0610. The van der Waals surface area contributed by atoms with Crippen LogP contribution in [-0.2, 0) is 5.41 Å². The topological polar surface area (TPSA) is 0 Å². The van der Waals surface area contributed by atoms with Crippen molar-refractivity contribution < 1.29 is 0 Å². The van der Waals surface area contributed by atoms with Gasteiger partial charge in [-0.2, -0.15) is 0 Å². The summed E-state index contributed by atoms with van der Waals surface area (Å²) in [5.74, 6) is 6.68. The van der Waals surface area contributed by atoms with E-state index in [2.05, 4.69) is 70.7 Å². The molecule has 0 saturated carbocycles. The lowest BCUT2D eigenvalue weighted by atomic mass is 9.84. The van der Waals surface area contributed by atoms with Crippen LogP contribution >= 0.6 is 0 Å². The first-order valence-corrected chi connectivity index (χ1v) is 5.41. The number of benzene rings is 1. The SMILES string of the molecule is CC(C)(C)C#CC(C)(C)c1ccccc1. The predicted molar refractivity (Wildman–Crippen MR) is 66.7 cm³/mol. The van der Waals surface area contributed by atoms with Crippen LogP contribution in [0.3, 0.4) is 0 Å². The molecule has 0 aliphatic rings. The van der Waals surface area contributed by atoms with E-state index < -0.39 is 0 Å². The maximum Gasteiger partial charge on any atom is 0.0506 e. The van der Waals surface area contributed by atoms with Crippen molar-refractivity contribution in [2.75, 3.05) is 0 Å². The van der Waals surface area contributed by atoms with Gasteiger partial charge in [0.05, 0.1) is 5.41 Å². The summed E-state index contributed by atoms with van der Waals surface area (Å²) in [6.45, 7) is 10.8. The van der Waals surface area contributed by atoms with Gasteiger partial charge in [0.2, 0.25) is 0 Å². The summed E-state index contributed by atoms with van der Waals surface area (Å²) >= 11 is 0. The number of rotatable bonds is 1. The molecule has 0 bridgehead atoms. The molecule has 0 heteroatoms. The van der Waals surface area contributed by atoms with Gasteiger partial charge in [-0.1, -0.05) is 42.2 Å². The van der Waals surface area contributed by atoms with Crippen LogP contribution in [0.1, 0.15) is 40.2 Å². The summed E-state index contributed by atoms with van der Waals surface area (Å²) in [5.41, 5.74) is 1.29. The van der Waals surface area contributed by atoms with E-state index in [9.17, 15) is 0 Å². The van der Waals surface area contributed by atoms with Gasteiger partial charge in [-0.05, 0) is 40.2 Å². The Morgan fingerprint density at radius 3 is 1.80 bits per heavy atom. The third-order valence-electron chi connectivity index (χ3n) is 2.25. The van der Waals surface area contributed by atoms with Gasteiger partial charge in [-0.15, -0.1) is 0 Å². The van der Waals surface area contributed by atoms with E-state index in [1.54, 1.807) is 0 Å².